The molecule has 0 aromatic rings. The number of hydrogen-bond acceptors (Lipinski definition) is 3. The van der Waals surface area contributed by atoms with E-state index in [-0.39, 0.29) is 5.91 Å². The Morgan fingerprint density at radius 3 is 2.16 bits per heavy atom. The Labute approximate surface area is 116 Å². The highest BCUT2D eigenvalue weighted by Gasteiger charge is 2.42. The predicted octanol–water partition coefficient (Wildman–Crippen LogP) is 2.47. The molecule has 0 unspecified atom stereocenters. The van der Waals surface area contributed by atoms with E-state index < -0.39 is 11.0 Å². The maximum Gasteiger partial charge on any atom is 0.243 e. The van der Waals surface area contributed by atoms with Crippen molar-refractivity contribution in [3.05, 3.63) is 0 Å². The summed E-state index contributed by atoms with van der Waals surface area (Å²) in [6, 6.07) is 2.28. The minimum Gasteiger partial charge on any atom is -0.390 e. The zero-order chi connectivity index (χ0) is 14.5. The van der Waals surface area contributed by atoms with E-state index in [1.165, 1.54) is 0 Å². The van der Waals surface area contributed by atoms with Crippen LogP contribution in [-0.4, -0.2) is 34.6 Å². The average molecular weight is 266 g/mol. The van der Waals surface area contributed by atoms with Crippen molar-refractivity contribution in [1.29, 1.82) is 5.26 Å². The highest BCUT2D eigenvalue weighted by Crippen LogP contribution is 2.33. The van der Waals surface area contributed by atoms with Crippen molar-refractivity contribution in [2.24, 2.45) is 5.41 Å². The third-order valence-corrected chi connectivity index (χ3v) is 4.10. The zero-order valence-corrected chi connectivity index (χ0v) is 12.4. The first-order valence-corrected chi connectivity index (χ1v) is 7.34. The van der Waals surface area contributed by atoms with E-state index >= 15 is 0 Å². The van der Waals surface area contributed by atoms with Crippen molar-refractivity contribution in [3.63, 3.8) is 0 Å². The van der Waals surface area contributed by atoms with Gasteiger partial charge in [0.05, 0.1) is 11.7 Å². The molecular weight excluding hydrogens is 240 g/mol. The lowest BCUT2D eigenvalue weighted by Crippen LogP contribution is -2.50. The van der Waals surface area contributed by atoms with E-state index in [0.29, 0.717) is 38.8 Å². The normalized spacial score (nSPS) is 19.0. The van der Waals surface area contributed by atoms with Crippen LogP contribution in [0.4, 0.5) is 0 Å². The molecule has 0 aliphatic carbocycles. The number of hydrogen-bond donors (Lipinski definition) is 1. The minimum atomic E-state index is -0.854. The summed E-state index contributed by atoms with van der Waals surface area (Å²) in [4.78, 5) is 14.4. The molecule has 1 aliphatic heterocycles. The fraction of sp³-hybridized carbons (Fsp3) is 0.867. The predicted molar refractivity (Wildman–Crippen MR) is 74.3 cm³/mol. The summed E-state index contributed by atoms with van der Waals surface area (Å²) in [5, 5.41) is 19.4. The van der Waals surface area contributed by atoms with Gasteiger partial charge < -0.3 is 10.0 Å². The maximum absolute atomic E-state index is 12.7. The van der Waals surface area contributed by atoms with Gasteiger partial charge in [0.1, 0.15) is 5.41 Å². The van der Waals surface area contributed by atoms with E-state index in [9.17, 15) is 15.2 Å². The van der Waals surface area contributed by atoms with Crippen LogP contribution in [0, 0.1) is 16.7 Å². The number of likely N-dealkylation sites (tertiary alicyclic amines) is 1. The van der Waals surface area contributed by atoms with Crippen LogP contribution in [0.15, 0.2) is 0 Å². The largest absolute Gasteiger partial charge is 0.390 e. The van der Waals surface area contributed by atoms with Crippen molar-refractivity contribution in [2.45, 2.75) is 64.9 Å². The third-order valence-electron chi connectivity index (χ3n) is 4.10. The number of rotatable bonds is 5. The molecule has 1 N–H and O–H groups in total. The lowest BCUT2D eigenvalue weighted by Gasteiger charge is -2.39. The van der Waals surface area contributed by atoms with Crippen molar-refractivity contribution in [2.75, 3.05) is 13.1 Å². The van der Waals surface area contributed by atoms with Gasteiger partial charge in [-0.1, -0.05) is 26.7 Å². The number of carbonyl (C=O) groups excluding carboxylic acids is 1. The molecule has 19 heavy (non-hydrogen) atoms. The number of piperidine rings is 1. The SMILES string of the molecule is CCCC(C#N)(CCC)C(=O)N1CCC(C)(O)CC1. The summed E-state index contributed by atoms with van der Waals surface area (Å²) < 4.78 is 0. The van der Waals surface area contributed by atoms with Crippen molar-refractivity contribution in [3.8, 4) is 6.07 Å². The van der Waals surface area contributed by atoms with Crippen LogP contribution in [0.1, 0.15) is 59.3 Å². The highest BCUT2D eigenvalue weighted by molar-refractivity contribution is 5.85. The molecule has 0 saturated carbocycles. The van der Waals surface area contributed by atoms with Crippen LogP contribution in [-0.2, 0) is 4.79 Å². The molecule has 0 aromatic carbocycles. The molecule has 1 aliphatic rings. The molecule has 1 heterocycles. The minimum absolute atomic E-state index is 0.0331. The number of aliphatic hydroxyl groups is 1. The van der Waals surface area contributed by atoms with E-state index in [1.807, 2.05) is 20.8 Å². The van der Waals surface area contributed by atoms with Crippen LogP contribution < -0.4 is 0 Å². The van der Waals surface area contributed by atoms with Gasteiger partial charge in [0.2, 0.25) is 5.91 Å². The van der Waals surface area contributed by atoms with Gasteiger partial charge in [0.25, 0.3) is 0 Å². The monoisotopic (exact) mass is 266 g/mol. The van der Waals surface area contributed by atoms with Crippen molar-refractivity contribution >= 4 is 5.91 Å². The molecule has 4 heteroatoms. The summed E-state index contributed by atoms with van der Waals surface area (Å²) in [6.45, 7) is 6.95. The topological polar surface area (TPSA) is 64.3 Å². The van der Waals surface area contributed by atoms with Crippen LogP contribution >= 0.6 is 0 Å². The van der Waals surface area contributed by atoms with Crippen LogP contribution in [0.5, 0.6) is 0 Å². The third kappa shape index (κ3) is 3.70. The van der Waals surface area contributed by atoms with Gasteiger partial charge in [-0.05, 0) is 32.6 Å². The fourth-order valence-electron chi connectivity index (χ4n) is 2.85. The standard InChI is InChI=1S/C15H26N2O2/c1-4-6-15(12-16,7-5-2)13(18)17-10-8-14(3,19)9-11-17/h19H,4-11H2,1-3H3. The molecule has 1 rings (SSSR count). The lowest BCUT2D eigenvalue weighted by atomic mass is 9.78. The van der Waals surface area contributed by atoms with E-state index in [1.54, 1.807) is 4.90 Å². The average Bonchev–Trinajstić information content (AvgIpc) is 2.37. The fourth-order valence-corrected chi connectivity index (χ4v) is 2.85. The zero-order valence-electron chi connectivity index (χ0n) is 12.4. The van der Waals surface area contributed by atoms with Crippen molar-refractivity contribution in [1.82, 2.24) is 4.90 Å². The Kier molecular flexibility index (Phi) is 5.37. The highest BCUT2D eigenvalue weighted by atomic mass is 16.3. The second-order valence-electron chi connectivity index (χ2n) is 5.98. The Morgan fingerprint density at radius 2 is 1.79 bits per heavy atom. The Balaban J connectivity index is 2.81. The van der Waals surface area contributed by atoms with Gasteiger partial charge >= 0.3 is 0 Å². The molecular formula is C15H26N2O2. The molecule has 0 aromatic heterocycles. The van der Waals surface area contributed by atoms with Gasteiger partial charge in [-0.2, -0.15) is 5.26 Å². The summed E-state index contributed by atoms with van der Waals surface area (Å²) >= 11 is 0. The van der Waals surface area contributed by atoms with E-state index in [4.69, 9.17) is 0 Å². The number of nitriles is 1. The number of amides is 1. The number of carbonyl (C=O) groups is 1. The molecule has 108 valence electrons. The van der Waals surface area contributed by atoms with E-state index in [2.05, 4.69) is 6.07 Å². The van der Waals surface area contributed by atoms with Gasteiger partial charge in [-0.3, -0.25) is 4.79 Å². The summed E-state index contributed by atoms with van der Waals surface area (Å²) in [5.74, 6) is -0.0331. The van der Waals surface area contributed by atoms with Crippen molar-refractivity contribution < 1.29 is 9.90 Å². The van der Waals surface area contributed by atoms with E-state index in [0.717, 1.165) is 12.8 Å². The second kappa shape index (κ2) is 6.38. The first-order chi connectivity index (χ1) is 8.90. The Hall–Kier alpha value is -1.08. The summed E-state index contributed by atoms with van der Waals surface area (Å²) in [6.07, 6.45) is 4.12. The molecule has 0 bridgehead atoms. The molecule has 1 fully saturated rings. The van der Waals surface area contributed by atoms with Gasteiger partial charge in [0.15, 0.2) is 0 Å². The second-order valence-corrected chi connectivity index (χ2v) is 5.98. The first kappa shape index (κ1) is 16.0. The molecule has 1 saturated heterocycles. The smallest absolute Gasteiger partial charge is 0.243 e. The molecule has 4 nitrogen and oxygen atoms in total. The van der Waals surface area contributed by atoms with Gasteiger partial charge in [-0.25, -0.2) is 0 Å². The van der Waals surface area contributed by atoms with Gasteiger partial charge in [0, 0.05) is 13.1 Å². The quantitative estimate of drug-likeness (QED) is 0.831. The Morgan fingerprint density at radius 1 is 1.32 bits per heavy atom. The molecule has 0 radical (unpaired) electrons. The summed E-state index contributed by atoms with van der Waals surface area (Å²) in [7, 11) is 0. The number of nitrogens with zero attached hydrogens (tertiary/aromatic N) is 2. The molecule has 1 amide bonds. The van der Waals surface area contributed by atoms with Crippen LogP contribution in [0.2, 0.25) is 0 Å². The van der Waals surface area contributed by atoms with Crippen LogP contribution in [0.25, 0.3) is 0 Å². The maximum atomic E-state index is 12.7. The molecule has 0 atom stereocenters. The lowest BCUT2D eigenvalue weighted by molar-refractivity contribution is -0.143. The first-order valence-electron chi connectivity index (χ1n) is 7.34. The molecule has 0 spiro atoms. The van der Waals surface area contributed by atoms with Crippen LogP contribution in [0.3, 0.4) is 0 Å². The van der Waals surface area contributed by atoms with Gasteiger partial charge in [-0.15, -0.1) is 0 Å². The Bertz CT molecular complexity index is 342. The summed E-state index contributed by atoms with van der Waals surface area (Å²) in [5.41, 5.74) is -1.52.